The van der Waals surface area contributed by atoms with Crippen molar-refractivity contribution in [2.45, 2.75) is 32.9 Å². The molecule has 96 valence electrons. The van der Waals surface area contributed by atoms with E-state index in [-0.39, 0.29) is 11.9 Å². The van der Waals surface area contributed by atoms with Gasteiger partial charge in [-0.15, -0.1) is 0 Å². The number of carbonyl (C=O) groups is 1. The molecule has 0 aliphatic carbocycles. The van der Waals surface area contributed by atoms with Crippen molar-refractivity contribution in [3.63, 3.8) is 0 Å². The lowest BCUT2D eigenvalue weighted by atomic mass is 9.98. The minimum Gasteiger partial charge on any atom is -0.368 e. The molecule has 0 spiro atoms. The van der Waals surface area contributed by atoms with Crippen LogP contribution in [0, 0.1) is 0 Å². The number of aromatic amines is 1. The summed E-state index contributed by atoms with van der Waals surface area (Å²) in [5, 5.41) is 4.33. The predicted octanol–water partition coefficient (Wildman–Crippen LogP) is 1.69. The molecule has 0 saturated carbocycles. The van der Waals surface area contributed by atoms with Gasteiger partial charge in [0.25, 0.3) is 0 Å². The molecule has 0 fully saturated rings. The monoisotopic (exact) mass is 245 g/mol. The highest BCUT2D eigenvalue weighted by molar-refractivity contribution is 5.87. The van der Waals surface area contributed by atoms with Crippen LogP contribution < -0.4 is 11.1 Å². The van der Waals surface area contributed by atoms with Crippen LogP contribution in [-0.4, -0.2) is 16.9 Å². The molecule has 4 N–H and O–H groups in total. The first-order valence-corrected chi connectivity index (χ1v) is 6.37. The zero-order chi connectivity index (χ0) is 13.1. The number of rotatable bonds is 1. The summed E-state index contributed by atoms with van der Waals surface area (Å²) < 4.78 is 0. The molecule has 18 heavy (non-hydrogen) atoms. The Morgan fingerprint density at radius 2 is 2.06 bits per heavy atom. The summed E-state index contributed by atoms with van der Waals surface area (Å²) in [5.41, 5.74) is 8.84. The van der Waals surface area contributed by atoms with Crippen LogP contribution in [-0.2, 0) is 17.8 Å². The quantitative estimate of drug-likeness (QED) is 0.715. The van der Waals surface area contributed by atoms with E-state index < -0.39 is 0 Å². The van der Waals surface area contributed by atoms with E-state index in [0.717, 1.165) is 5.52 Å². The van der Waals surface area contributed by atoms with Gasteiger partial charge in [-0.1, -0.05) is 32.0 Å². The number of nitrogens with two attached hydrogens (primary N) is 1. The maximum Gasteiger partial charge on any atom is 0.234 e. The number of fused-ring (bicyclic) bond motifs is 3. The Morgan fingerprint density at radius 1 is 1.33 bits per heavy atom. The number of primary amides is 1. The zero-order valence-electron chi connectivity index (χ0n) is 10.8. The Balaban J connectivity index is 0.000000574. The molecule has 0 bridgehead atoms. The Morgan fingerprint density at radius 3 is 2.78 bits per heavy atom. The van der Waals surface area contributed by atoms with Crippen LogP contribution in [0.2, 0.25) is 0 Å². The highest BCUT2D eigenvalue weighted by atomic mass is 16.1. The maximum absolute atomic E-state index is 11.2. The van der Waals surface area contributed by atoms with Gasteiger partial charge in [-0.2, -0.15) is 0 Å². The fourth-order valence-corrected chi connectivity index (χ4v) is 2.34. The molecule has 1 atom stereocenters. The van der Waals surface area contributed by atoms with Crippen molar-refractivity contribution in [1.82, 2.24) is 10.3 Å². The van der Waals surface area contributed by atoms with Crippen molar-refractivity contribution >= 4 is 16.8 Å². The Labute approximate surface area is 107 Å². The highest BCUT2D eigenvalue weighted by Gasteiger charge is 2.24. The molecular formula is C14H19N3O. The van der Waals surface area contributed by atoms with Crippen LogP contribution in [0.15, 0.2) is 24.3 Å². The number of amides is 1. The maximum atomic E-state index is 11.2. The molecule has 0 radical (unpaired) electrons. The van der Waals surface area contributed by atoms with Gasteiger partial charge in [0.15, 0.2) is 0 Å². The number of hydrogen-bond donors (Lipinski definition) is 3. The van der Waals surface area contributed by atoms with Crippen molar-refractivity contribution < 1.29 is 4.79 Å². The molecule has 3 rings (SSSR count). The Hall–Kier alpha value is -1.81. The van der Waals surface area contributed by atoms with Gasteiger partial charge in [-0.3, -0.25) is 10.1 Å². The van der Waals surface area contributed by atoms with Gasteiger partial charge < -0.3 is 10.7 Å². The van der Waals surface area contributed by atoms with Crippen LogP contribution in [0.25, 0.3) is 10.9 Å². The first kappa shape index (κ1) is 12.6. The molecule has 4 heteroatoms. The zero-order valence-corrected chi connectivity index (χ0v) is 10.8. The van der Waals surface area contributed by atoms with Gasteiger partial charge >= 0.3 is 0 Å². The largest absolute Gasteiger partial charge is 0.368 e. The van der Waals surface area contributed by atoms with E-state index in [2.05, 4.69) is 16.4 Å². The van der Waals surface area contributed by atoms with E-state index >= 15 is 0 Å². The fraction of sp³-hybridized carbons (Fsp3) is 0.357. The van der Waals surface area contributed by atoms with Crippen LogP contribution in [0.3, 0.4) is 0 Å². The third-order valence-electron chi connectivity index (χ3n) is 3.18. The summed E-state index contributed by atoms with van der Waals surface area (Å²) in [7, 11) is 0. The second-order valence-electron chi connectivity index (χ2n) is 4.17. The average Bonchev–Trinajstić information content (AvgIpc) is 2.78. The van der Waals surface area contributed by atoms with Gasteiger partial charge in [-0.05, 0) is 18.1 Å². The van der Waals surface area contributed by atoms with Crippen molar-refractivity contribution in [3.05, 3.63) is 35.5 Å². The van der Waals surface area contributed by atoms with E-state index in [1.165, 1.54) is 16.6 Å². The van der Waals surface area contributed by atoms with Crippen molar-refractivity contribution in [2.24, 2.45) is 5.73 Å². The predicted molar refractivity (Wildman–Crippen MR) is 73.2 cm³/mol. The molecule has 1 aliphatic heterocycles. The van der Waals surface area contributed by atoms with Crippen LogP contribution in [0.1, 0.15) is 25.1 Å². The van der Waals surface area contributed by atoms with E-state index in [0.29, 0.717) is 13.0 Å². The molecule has 1 aromatic heterocycles. The van der Waals surface area contributed by atoms with Gasteiger partial charge in [-0.25, -0.2) is 0 Å². The van der Waals surface area contributed by atoms with Gasteiger partial charge in [0.2, 0.25) is 5.91 Å². The first-order valence-electron chi connectivity index (χ1n) is 6.37. The molecule has 1 aromatic carbocycles. The van der Waals surface area contributed by atoms with Crippen molar-refractivity contribution in [1.29, 1.82) is 0 Å². The third-order valence-corrected chi connectivity index (χ3v) is 3.18. The minimum atomic E-state index is -0.282. The smallest absolute Gasteiger partial charge is 0.234 e. The second kappa shape index (κ2) is 5.23. The molecule has 2 aromatic rings. The molecule has 1 unspecified atom stereocenters. The molecule has 1 aliphatic rings. The topological polar surface area (TPSA) is 70.9 Å². The minimum absolute atomic E-state index is 0.244. The normalized spacial score (nSPS) is 17.8. The van der Waals surface area contributed by atoms with Crippen LogP contribution in [0.4, 0.5) is 0 Å². The summed E-state index contributed by atoms with van der Waals surface area (Å²) >= 11 is 0. The third kappa shape index (κ3) is 2.11. The van der Waals surface area contributed by atoms with E-state index in [1.807, 2.05) is 32.0 Å². The lowest BCUT2D eigenvalue weighted by molar-refractivity contribution is -0.120. The number of hydrogen-bond acceptors (Lipinski definition) is 2. The lowest BCUT2D eigenvalue weighted by Gasteiger charge is -2.21. The summed E-state index contributed by atoms with van der Waals surface area (Å²) in [4.78, 5) is 14.5. The molecule has 2 heterocycles. The summed E-state index contributed by atoms with van der Waals surface area (Å²) in [5.74, 6) is -0.282. The number of carbonyl (C=O) groups excluding carboxylic acids is 1. The van der Waals surface area contributed by atoms with Crippen molar-refractivity contribution in [2.75, 3.05) is 0 Å². The van der Waals surface area contributed by atoms with E-state index in [9.17, 15) is 4.79 Å². The number of benzene rings is 1. The van der Waals surface area contributed by atoms with E-state index in [1.54, 1.807) is 0 Å². The molecule has 1 amide bonds. The Kier molecular flexibility index (Phi) is 3.67. The van der Waals surface area contributed by atoms with Crippen LogP contribution in [0.5, 0.6) is 0 Å². The first-order chi connectivity index (χ1) is 8.75. The average molecular weight is 245 g/mol. The molecule has 0 saturated heterocycles. The molecular weight excluding hydrogens is 226 g/mol. The number of H-pyrrole nitrogens is 1. The summed E-state index contributed by atoms with van der Waals surface area (Å²) in [6.07, 6.45) is 0.675. The standard InChI is InChI=1S/C12H13N3O.C2H6/c13-12(16)10-5-8-7-3-1-2-4-9(7)15-11(8)6-14-10;1-2/h1-4,10,14-15H,5-6H2,(H2,13,16);1-2H3. The number of nitrogens with one attached hydrogen (secondary N) is 2. The van der Waals surface area contributed by atoms with Crippen LogP contribution >= 0.6 is 0 Å². The molecule has 4 nitrogen and oxygen atoms in total. The van der Waals surface area contributed by atoms with Gasteiger partial charge in [0.05, 0.1) is 6.04 Å². The Bertz CT molecular complexity index is 559. The van der Waals surface area contributed by atoms with Gasteiger partial charge in [0, 0.05) is 23.1 Å². The highest BCUT2D eigenvalue weighted by Crippen LogP contribution is 2.26. The number of aromatic nitrogens is 1. The fourth-order valence-electron chi connectivity index (χ4n) is 2.34. The SMILES string of the molecule is CC.NC(=O)C1Cc2c([nH]c3ccccc23)CN1. The van der Waals surface area contributed by atoms with Gasteiger partial charge in [0.1, 0.15) is 0 Å². The summed E-state index contributed by atoms with van der Waals surface area (Å²) in [6.45, 7) is 4.68. The van der Waals surface area contributed by atoms with Crippen molar-refractivity contribution in [3.8, 4) is 0 Å². The lowest BCUT2D eigenvalue weighted by Crippen LogP contribution is -2.45. The number of para-hydroxylation sites is 1. The second-order valence-corrected chi connectivity index (χ2v) is 4.17. The van der Waals surface area contributed by atoms with E-state index in [4.69, 9.17) is 5.73 Å². The summed E-state index contributed by atoms with van der Waals surface area (Å²) in [6, 6.07) is 7.90.